The molecule has 1 aromatic heterocycles. The average molecular weight is 380 g/mol. The zero-order valence-corrected chi connectivity index (χ0v) is 14.6. The monoisotopic (exact) mass is 379 g/mol. The van der Waals surface area contributed by atoms with Crippen LogP contribution in [0.2, 0.25) is 0 Å². The second kappa shape index (κ2) is 6.81. The minimum absolute atomic E-state index is 0.0136. The number of carbonyl (C=O) groups is 1. The maximum Gasteiger partial charge on any atom is 0.185 e. The van der Waals surface area contributed by atoms with Crippen LogP contribution in [0.25, 0.3) is 5.69 Å². The largest absolute Gasteiger partial charge is 0.292 e. The van der Waals surface area contributed by atoms with Crippen LogP contribution in [-0.4, -0.2) is 15.6 Å². The second-order valence-electron chi connectivity index (χ2n) is 5.47. The molecule has 0 amide bonds. The molecule has 1 heterocycles. The fourth-order valence-corrected chi connectivity index (χ4v) is 2.74. The number of benzene rings is 2. The molecule has 24 heavy (non-hydrogen) atoms. The van der Waals surface area contributed by atoms with E-state index in [1.54, 1.807) is 28.9 Å². The Balaban J connectivity index is 1.95. The van der Waals surface area contributed by atoms with Crippen molar-refractivity contribution in [3.05, 3.63) is 81.6 Å². The number of rotatable bonds is 4. The van der Waals surface area contributed by atoms with Crippen molar-refractivity contribution in [2.24, 2.45) is 0 Å². The number of carbonyl (C=O) groups excluding carboxylic acids is 1. The van der Waals surface area contributed by atoms with Gasteiger partial charge in [-0.15, -0.1) is 0 Å². The molecule has 0 atom stereocenters. The fourth-order valence-electron chi connectivity index (χ4n) is 2.48. The molecule has 3 rings (SSSR count). The SMILES string of the molecule is Cc1cc(C(=O)Cc2ccc(Br)cc2)n(-c2cccc(C#N)c2)n1. The van der Waals surface area contributed by atoms with Crippen LogP contribution in [0.3, 0.4) is 0 Å². The van der Waals surface area contributed by atoms with E-state index in [0.29, 0.717) is 23.4 Å². The molecule has 5 heteroatoms. The fraction of sp³-hybridized carbons (Fsp3) is 0.105. The summed E-state index contributed by atoms with van der Waals surface area (Å²) in [6.45, 7) is 1.85. The Bertz CT molecular complexity index is 936. The Morgan fingerprint density at radius 1 is 1.21 bits per heavy atom. The van der Waals surface area contributed by atoms with Gasteiger partial charge in [0.25, 0.3) is 0 Å². The third-order valence-electron chi connectivity index (χ3n) is 3.61. The Morgan fingerprint density at radius 3 is 2.67 bits per heavy atom. The van der Waals surface area contributed by atoms with Crippen molar-refractivity contribution in [2.45, 2.75) is 13.3 Å². The van der Waals surface area contributed by atoms with Gasteiger partial charge in [-0.05, 0) is 48.9 Å². The Hall–Kier alpha value is -2.71. The van der Waals surface area contributed by atoms with Crippen molar-refractivity contribution in [1.29, 1.82) is 5.26 Å². The summed E-state index contributed by atoms with van der Waals surface area (Å²) in [6, 6.07) is 18.6. The lowest BCUT2D eigenvalue weighted by Crippen LogP contribution is -2.11. The molecule has 0 spiro atoms. The number of hydrogen-bond donors (Lipinski definition) is 0. The first kappa shape index (κ1) is 16.2. The van der Waals surface area contributed by atoms with Gasteiger partial charge in [-0.25, -0.2) is 4.68 Å². The molecule has 0 bridgehead atoms. The van der Waals surface area contributed by atoms with Crippen molar-refractivity contribution >= 4 is 21.7 Å². The van der Waals surface area contributed by atoms with E-state index < -0.39 is 0 Å². The molecule has 2 aromatic carbocycles. The quantitative estimate of drug-likeness (QED) is 0.636. The third-order valence-corrected chi connectivity index (χ3v) is 4.14. The van der Waals surface area contributed by atoms with Gasteiger partial charge >= 0.3 is 0 Å². The second-order valence-corrected chi connectivity index (χ2v) is 6.39. The zero-order chi connectivity index (χ0) is 17.1. The van der Waals surface area contributed by atoms with Crippen molar-refractivity contribution in [3.8, 4) is 11.8 Å². The summed E-state index contributed by atoms with van der Waals surface area (Å²) < 4.78 is 2.59. The van der Waals surface area contributed by atoms with Gasteiger partial charge in [-0.3, -0.25) is 4.79 Å². The van der Waals surface area contributed by atoms with Crippen LogP contribution in [0.15, 0.2) is 59.1 Å². The van der Waals surface area contributed by atoms with Gasteiger partial charge < -0.3 is 0 Å². The highest BCUT2D eigenvalue weighted by atomic mass is 79.9. The molecular weight excluding hydrogens is 366 g/mol. The minimum Gasteiger partial charge on any atom is -0.292 e. The number of nitriles is 1. The molecule has 0 saturated heterocycles. The van der Waals surface area contributed by atoms with Crippen LogP contribution < -0.4 is 0 Å². The number of hydrogen-bond acceptors (Lipinski definition) is 3. The number of nitrogens with zero attached hydrogens (tertiary/aromatic N) is 3. The summed E-state index contributed by atoms with van der Waals surface area (Å²) in [4.78, 5) is 12.7. The number of aryl methyl sites for hydroxylation is 1. The van der Waals surface area contributed by atoms with Gasteiger partial charge in [0.05, 0.1) is 23.0 Å². The summed E-state index contributed by atoms with van der Waals surface area (Å²) in [6.07, 6.45) is 0.302. The van der Waals surface area contributed by atoms with Crippen molar-refractivity contribution in [3.63, 3.8) is 0 Å². The normalized spacial score (nSPS) is 10.4. The van der Waals surface area contributed by atoms with E-state index in [1.165, 1.54) is 0 Å². The maximum atomic E-state index is 12.7. The highest BCUT2D eigenvalue weighted by molar-refractivity contribution is 9.10. The maximum absolute atomic E-state index is 12.7. The van der Waals surface area contributed by atoms with Gasteiger partial charge in [-0.1, -0.05) is 34.1 Å². The van der Waals surface area contributed by atoms with Crippen LogP contribution in [0.5, 0.6) is 0 Å². The topological polar surface area (TPSA) is 58.7 Å². The van der Waals surface area contributed by atoms with E-state index in [9.17, 15) is 4.79 Å². The molecule has 3 aromatic rings. The predicted molar refractivity (Wildman–Crippen MR) is 95.2 cm³/mol. The van der Waals surface area contributed by atoms with Crippen LogP contribution in [0.4, 0.5) is 0 Å². The smallest absolute Gasteiger partial charge is 0.185 e. The molecule has 0 aliphatic rings. The van der Waals surface area contributed by atoms with E-state index in [2.05, 4.69) is 27.1 Å². The van der Waals surface area contributed by atoms with Crippen LogP contribution >= 0.6 is 15.9 Å². The highest BCUT2D eigenvalue weighted by Gasteiger charge is 2.16. The van der Waals surface area contributed by atoms with E-state index in [0.717, 1.165) is 15.7 Å². The first-order valence-electron chi connectivity index (χ1n) is 7.41. The molecule has 0 N–H and O–H groups in total. The highest BCUT2D eigenvalue weighted by Crippen LogP contribution is 2.17. The predicted octanol–water partition coefficient (Wildman–Crippen LogP) is 4.24. The van der Waals surface area contributed by atoms with Gasteiger partial charge in [0, 0.05) is 10.9 Å². The summed E-state index contributed by atoms with van der Waals surface area (Å²) in [7, 11) is 0. The number of Topliss-reactive ketones (excluding diaryl/α,β-unsaturated/α-hetero) is 1. The summed E-state index contributed by atoms with van der Waals surface area (Å²) in [5, 5.41) is 13.5. The van der Waals surface area contributed by atoms with Gasteiger partial charge in [0.2, 0.25) is 0 Å². The zero-order valence-electron chi connectivity index (χ0n) is 13.0. The van der Waals surface area contributed by atoms with Crippen LogP contribution in [0.1, 0.15) is 27.3 Å². The van der Waals surface area contributed by atoms with Crippen LogP contribution in [0, 0.1) is 18.3 Å². The number of aromatic nitrogens is 2. The van der Waals surface area contributed by atoms with Crippen molar-refractivity contribution in [1.82, 2.24) is 9.78 Å². The lowest BCUT2D eigenvalue weighted by molar-refractivity contribution is 0.0985. The lowest BCUT2D eigenvalue weighted by atomic mass is 10.1. The van der Waals surface area contributed by atoms with E-state index >= 15 is 0 Å². The molecule has 0 unspecified atom stereocenters. The Kier molecular flexibility index (Phi) is 4.59. The molecule has 0 aliphatic carbocycles. The molecular formula is C19H14BrN3O. The first-order chi connectivity index (χ1) is 11.6. The van der Waals surface area contributed by atoms with E-state index in [1.807, 2.05) is 37.3 Å². The van der Waals surface area contributed by atoms with E-state index in [4.69, 9.17) is 5.26 Å². The van der Waals surface area contributed by atoms with Crippen LogP contribution in [-0.2, 0) is 6.42 Å². The summed E-state index contributed by atoms with van der Waals surface area (Å²) in [5.74, 6) is -0.0136. The van der Waals surface area contributed by atoms with Gasteiger partial charge in [-0.2, -0.15) is 10.4 Å². The van der Waals surface area contributed by atoms with Crippen molar-refractivity contribution in [2.75, 3.05) is 0 Å². The average Bonchev–Trinajstić information content (AvgIpc) is 2.99. The molecule has 118 valence electrons. The molecule has 0 fully saturated rings. The number of ketones is 1. The van der Waals surface area contributed by atoms with E-state index in [-0.39, 0.29) is 5.78 Å². The Labute approximate surface area is 148 Å². The molecule has 0 radical (unpaired) electrons. The first-order valence-corrected chi connectivity index (χ1v) is 8.21. The molecule has 0 aliphatic heterocycles. The minimum atomic E-state index is -0.0136. The number of halogens is 1. The summed E-state index contributed by atoms with van der Waals surface area (Å²) in [5.41, 5.74) is 3.47. The third kappa shape index (κ3) is 3.44. The van der Waals surface area contributed by atoms with Gasteiger partial charge in [0.1, 0.15) is 5.69 Å². The lowest BCUT2D eigenvalue weighted by Gasteiger charge is -2.07. The molecule has 0 saturated carbocycles. The van der Waals surface area contributed by atoms with Gasteiger partial charge in [0.15, 0.2) is 5.78 Å². The Morgan fingerprint density at radius 2 is 1.96 bits per heavy atom. The van der Waals surface area contributed by atoms with Crippen molar-refractivity contribution < 1.29 is 4.79 Å². The standard InChI is InChI=1S/C19H14BrN3O/c1-13-9-18(19(24)11-14-5-7-16(20)8-6-14)23(22-13)17-4-2-3-15(10-17)12-21/h2-10H,11H2,1H3. The molecule has 4 nitrogen and oxygen atoms in total. The summed E-state index contributed by atoms with van der Waals surface area (Å²) >= 11 is 3.39.